The highest BCUT2D eigenvalue weighted by Gasteiger charge is 2.30. The van der Waals surface area contributed by atoms with Gasteiger partial charge in [-0.2, -0.15) is 0 Å². The van der Waals surface area contributed by atoms with Crippen LogP contribution in [0.1, 0.15) is 6.92 Å². The zero-order valence-corrected chi connectivity index (χ0v) is 8.39. The maximum Gasteiger partial charge on any atom is 0.324 e. The first-order valence-corrected chi connectivity index (χ1v) is 5.64. The average molecular weight is 204 g/mol. The van der Waals surface area contributed by atoms with Crippen LogP contribution in [0.2, 0.25) is 0 Å². The van der Waals surface area contributed by atoms with Gasteiger partial charge >= 0.3 is 6.03 Å². The third-order valence-electron chi connectivity index (χ3n) is 1.83. The number of imide groups is 1. The fourth-order valence-corrected chi connectivity index (χ4v) is 2.10. The summed E-state index contributed by atoms with van der Waals surface area (Å²) in [5.41, 5.74) is 0. The summed E-state index contributed by atoms with van der Waals surface area (Å²) in [4.78, 5) is 23.3. The first-order valence-electron chi connectivity index (χ1n) is 3.91. The molecule has 0 saturated carbocycles. The van der Waals surface area contributed by atoms with Crippen LogP contribution in [0.5, 0.6) is 0 Å². The van der Waals surface area contributed by atoms with E-state index in [0.717, 1.165) is 0 Å². The van der Waals surface area contributed by atoms with Crippen molar-refractivity contribution in [2.75, 3.05) is 18.6 Å². The predicted molar refractivity (Wildman–Crippen MR) is 48.6 cm³/mol. The van der Waals surface area contributed by atoms with Crippen LogP contribution in [0.4, 0.5) is 4.79 Å². The lowest BCUT2D eigenvalue weighted by atomic mass is 10.3. The molecule has 0 aromatic heterocycles. The summed E-state index contributed by atoms with van der Waals surface area (Å²) in [5, 5.41) is 2.17. The lowest BCUT2D eigenvalue weighted by Gasteiger charge is -2.20. The number of hydrogen-bond acceptors (Lipinski definition) is 3. The molecule has 1 heterocycles. The van der Waals surface area contributed by atoms with Gasteiger partial charge in [0.2, 0.25) is 5.91 Å². The summed E-state index contributed by atoms with van der Waals surface area (Å²) >= 11 is 0. The molecule has 1 aliphatic heterocycles. The van der Waals surface area contributed by atoms with Crippen LogP contribution in [0.3, 0.4) is 0 Å². The van der Waals surface area contributed by atoms with Gasteiger partial charge in [-0.3, -0.25) is 14.3 Å². The number of nitrogens with zero attached hydrogens (tertiary/aromatic N) is 1. The lowest BCUT2D eigenvalue weighted by Crippen LogP contribution is -2.39. The van der Waals surface area contributed by atoms with E-state index < -0.39 is 10.8 Å². The van der Waals surface area contributed by atoms with Gasteiger partial charge in [0.25, 0.3) is 0 Å². The van der Waals surface area contributed by atoms with E-state index in [1.807, 2.05) is 0 Å². The molecule has 5 nitrogen and oxygen atoms in total. The Morgan fingerprint density at radius 1 is 1.62 bits per heavy atom. The van der Waals surface area contributed by atoms with Crippen LogP contribution in [-0.2, 0) is 15.6 Å². The van der Waals surface area contributed by atoms with Crippen molar-refractivity contribution >= 4 is 22.7 Å². The summed E-state index contributed by atoms with van der Waals surface area (Å²) in [6.07, 6.45) is 1.58. The van der Waals surface area contributed by atoms with Gasteiger partial charge in [-0.1, -0.05) is 0 Å². The minimum Gasteiger partial charge on any atom is -0.312 e. The third kappa shape index (κ3) is 2.51. The van der Waals surface area contributed by atoms with Crippen molar-refractivity contribution in [1.29, 1.82) is 0 Å². The fraction of sp³-hybridized carbons (Fsp3) is 0.714. The number of urea groups is 1. The SMILES string of the molecule is CC(CS(C)=O)N1CC(=O)NC1=O. The molecule has 0 bridgehead atoms. The summed E-state index contributed by atoms with van der Waals surface area (Å²) in [6.45, 7) is 1.86. The quantitative estimate of drug-likeness (QED) is 0.618. The van der Waals surface area contributed by atoms with Crippen LogP contribution in [0.15, 0.2) is 0 Å². The van der Waals surface area contributed by atoms with Crippen molar-refractivity contribution in [2.45, 2.75) is 13.0 Å². The highest BCUT2D eigenvalue weighted by Crippen LogP contribution is 2.05. The molecule has 1 aliphatic rings. The third-order valence-corrected chi connectivity index (χ3v) is 2.78. The molecule has 1 N–H and O–H groups in total. The zero-order valence-electron chi connectivity index (χ0n) is 7.57. The molecule has 0 spiro atoms. The second-order valence-corrected chi connectivity index (χ2v) is 4.55. The maximum atomic E-state index is 11.1. The second-order valence-electron chi connectivity index (χ2n) is 3.07. The van der Waals surface area contributed by atoms with Crippen molar-refractivity contribution in [3.8, 4) is 0 Å². The largest absolute Gasteiger partial charge is 0.324 e. The van der Waals surface area contributed by atoms with E-state index in [2.05, 4.69) is 5.32 Å². The minimum atomic E-state index is -0.951. The van der Waals surface area contributed by atoms with Gasteiger partial charge in [0.15, 0.2) is 0 Å². The molecule has 0 aliphatic carbocycles. The molecule has 2 atom stereocenters. The highest BCUT2D eigenvalue weighted by atomic mass is 32.2. The Hall–Kier alpha value is -0.910. The van der Waals surface area contributed by atoms with Gasteiger partial charge in [0.05, 0.1) is 0 Å². The van der Waals surface area contributed by atoms with Gasteiger partial charge in [-0.25, -0.2) is 4.79 Å². The van der Waals surface area contributed by atoms with Crippen molar-refractivity contribution in [2.24, 2.45) is 0 Å². The maximum absolute atomic E-state index is 11.1. The smallest absolute Gasteiger partial charge is 0.312 e. The molecule has 0 aromatic rings. The van der Waals surface area contributed by atoms with E-state index in [1.165, 1.54) is 4.90 Å². The molecule has 2 unspecified atom stereocenters. The monoisotopic (exact) mass is 204 g/mol. The van der Waals surface area contributed by atoms with E-state index in [4.69, 9.17) is 0 Å². The molecule has 3 amide bonds. The number of amides is 3. The van der Waals surface area contributed by atoms with E-state index in [-0.39, 0.29) is 24.5 Å². The van der Waals surface area contributed by atoms with Crippen molar-refractivity contribution in [3.63, 3.8) is 0 Å². The van der Waals surface area contributed by atoms with Gasteiger partial charge < -0.3 is 4.90 Å². The van der Waals surface area contributed by atoms with E-state index in [0.29, 0.717) is 5.75 Å². The van der Waals surface area contributed by atoms with Crippen LogP contribution in [-0.4, -0.2) is 45.6 Å². The molecule has 6 heteroatoms. The first kappa shape index (κ1) is 10.2. The predicted octanol–water partition coefficient (Wildman–Crippen LogP) is -0.695. The highest BCUT2D eigenvalue weighted by molar-refractivity contribution is 7.84. The normalized spacial score (nSPS) is 21.5. The number of rotatable bonds is 3. The molecule has 13 heavy (non-hydrogen) atoms. The van der Waals surface area contributed by atoms with E-state index >= 15 is 0 Å². The standard InChI is InChI=1S/C7H12N2O3S/c1-5(4-13(2)12)9-3-6(10)8-7(9)11/h5H,3-4H2,1-2H3,(H,8,10,11). The molecule has 1 fully saturated rings. The Kier molecular flexibility index (Phi) is 3.02. The molecule has 1 rings (SSSR count). The van der Waals surface area contributed by atoms with Crippen LogP contribution in [0, 0.1) is 0 Å². The number of carbonyl (C=O) groups excluding carboxylic acids is 2. The molecular weight excluding hydrogens is 192 g/mol. The Morgan fingerprint density at radius 3 is 2.62 bits per heavy atom. The van der Waals surface area contributed by atoms with Crippen molar-refractivity contribution < 1.29 is 13.8 Å². The van der Waals surface area contributed by atoms with Crippen molar-refractivity contribution in [1.82, 2.24) is 10.2 Å². The van der Waals surface area contributed by atoms with Crippen LogP contribution >= 0.6 is 0 Å². The summed E-state index contributed by atoms with van der Waals surface area (Å²) < 4.78 is 10.9. The summed E-state index contributed by atoms with van der Waals surface area (Å²) in [6, 6.07) is -0.541. The minimum absolute atomic E-state index is 0.0806. The first-order chi connectivity index (χ1) is 6.00. The molecule has 0 aromatic carbocycles. The average Bonchev–Trinajstić information content (AvgIpc) is 2.28. The molecular formula is C7H12N2O3S. The number of carbonyl (C=O) groups is 2. The topological polar surface area (TPSA) is 66.5 Å². The molecule has 1 saturated heterocycles. The molecule has 0 radical (unpaired) electrons. The number of nitrogens with one attached hydrogen (secondary N) is 1. The summed E-state index contributed by atoms with van der Waals surface area (Å²) in [7, 11) is -0.951. The summed E-state index contributed by atoms with van der Waals surface area (Å²) in [5.74, 6) is 0.111. The second kappa shape index (κ2) is 3.87. The van der Waals surface area contributed by atoms with Gasteiger partial charge in [0, 0.05) is 28.9 Å². The van der Waals surface area contributed by atoms with E-state index in [1.54, 1.807) is 13.2 Å². The molecule has 74 valence electrons. The number of hydrogen-bond donors (Lipinski definition) is 1. The van der Waals surface area contributed by atoms with Crippen molar-refractivity contribution in [3.05, 3.63) is 0 Å². The lowest BCUT2D eigenvalue weighted by molar-refractivity contribution is -0.118. The Balaban J connectivity index is 2.56. The Morgan fingerprint density at radius 2 is 2.23 bits per heavy atom. The van der Waals surface area contributed by atoms with Gasteiger partial charge in [-0.05, 0) is 6.92 Å². The van der Waals surface area contributed by atoms with Gasteiger partial charge in [-0.15, -0.1) is 0 Å². The Bertz CT molecular complexity index is 266. The van der Waals surface area contributed by atoms with E-state index in [9.17, 15) is 13.8 Å². The van der Waals surface area contributed by atoms with Crippen LogP contribution in [0.25, 0.3) is 0 Å². The Labute approximate surface area is 78.9 Å². The zero-order chi connectivity index (χ0) is 10.0. The fourth-order valence-electron chi connectivity index (χ4n) is 1.24. The van der Waals surface area contributed by atoms with Crippen LogP contribution < -0.4 is 5.32 Å². The van der Waals surface area contributed by atoms with Gasteiger partial charge in [0.1, 0.15) is 6.54 Å².